The Bertz CT molecular complexity index is 754. The van der Waals surface area contributed by atoms with Crippen molar-refractivity contribution < 1.29 is 26.4 Å². The molecular weight excluding hydrogens is 381 g/mol. The maximum atomic E-state index is 12.9. The van der Waals surface area contributed by atoms with Crippen molar-refractivity contribution in [3.63, 3.8) is 0 Å². The molecule has 0 atom stereocenters. The summed E-state index contributed by atoms with van der Waals surface area (Å²) in [6.45, 7) is 6.63. The second kappa shape index (κ2) is 9.05. The number of halogens is 3. The van der Waals surface area contributed by atoms with Crippen LogP contribution in [0.3, 0.4) is 0 Å². The number of unbranched alkanes of at least 4 members (excludes halogenated alkanes) is 1. The Kier molecular flexibility index (Phi) is 7.86. The zero-order valence-corrected chi connectivity index (χ0v) is 16.9. The van der Waals surface area contributed by atoms with Crippen LogP contribution in [0.25, 0.3) is 0 Å². The van der Waals surface area contributed by atoms with E-state index in [1.165, 1.54) is 12.1 Å². The predicted molar refractivity (Wildman–Crippen MR) is 100.0 cm³/mol. The Labute approximate surface area is 158 Å². The monoisotopic (exact) mass is 408 g/mol. The summed E-state index contributed by atoms with van der Waals surface area (Å²) in [7, 11) is -3.41. The Morgan fingerprint density at radius 1 is 1.11 bits per heavy atom. The topological polar surface area (TPSA) is 75.3 Å². The lowest BCUT2D eigenvalue weighted by Gasteiger charge is -2.19. The number of rotatable bonds is 8. The van der Waals surface area contributed by atoms with E-state index in [1.54, 1.807) is 27.7 Å². The van der Waals surface area contributed by atoms with Crippen LogP contribution in [0.15, 0.2) is 18.2 Å². The molecule has 0 saturated heterocycles. The van der Waals surface area contributed by atoms with E-state index in [9.17, 15) is 26.4 Å². The molecule has 0 heterocycles. The van der Waals surface area contributed by atoms with Gasteiger partial charge in [0.2, 0.25) is 15.9 Å². The highest BCUT2D eigenvalue weighted by molar-refractivity contribution is 7.90. The highest BCUT2D eigenvalue weighted by Crippen LogP contribution is 2.33. The Balaban J connectivity index is 2.50. The largest absolute Gasteiger partial charge is 0.416 e. The van der Waals surface area contributed by atoms with Crippen LogP contribution >= 0.6 is 0 Å². The number of carbonyl (C=O) groups excluding carboxylic acids is 1. The van der Waals surface area contributed by atoms with E-state index in [2.05, 4.69) is 10.0 Å². The van der Waals surface area contributed by atoms with E-state index in [0.717, 1.165) is 6.07 Å². The molecule has 0 radical (unpaired) electrons. The number of hydrogen-bond donors (Lipinski definition) is 2. The van der Waals surface area contributed by atoms with Gasteiger partial charge in [0.25, 0.3) is 0 Å². The number of hydrogen-bond acceptors (Lipinski definition) is 3. The van der Waals surface area contributed by atoms with E-state index >= 15 is 0 Å². The van der Waals surface area contributed by atoms with Crippen molar-refractivity contribution in [2.75, 3.05) is 11.9 Å². The van der Waals surface area contributed by atoms with Crippen molar-refractivity contribution >= 4 is 21.6 Å². The SMILES string of the molecule is CCc1cc(NC(=O)CCCCNS(=O)(=O)C(C)(C)C)ccc1C(F)(F)F. The summed E-state index contributed by atoms with van der Waals surface area (Å²) >= 11 is 0. The first-order valence-corrected chi connectivity index (χ1v) is 10.3. The number of nitrogens with one attached hydrogen (secondary N) is 2. The number of alkyl halides is 3. The molecule has 0 aromatic heterocycles. The highest BCUT2D eigenvalue weighted by Gasteiger charge is 2.32. The zero-order valence-electron chi connectivity index (χ0n) is 16.0. The maximum absolute atomic E-state index is 12.9. The van der Waals surface area contributed by atoms with Gasteiger partial charge in [-0.05, 0) is 63.8 Å². The van der Waals surface area contributed by atoms with Crippen LogP contribution in [0.5, 0.6) is 0 Å². The van der Waals surface area contributed by atoms with Gasteiger partial charge in [-0.3, -0.25) is 4.79 Å². The predicted octanol–water partition coefficient (Wildman–Crippen LogP) is 4.09. The molecule has 27 heavy (non-hydrogen) atoms. The number of sulfonamides is 1. The summed E-state index contributed by atoms with van der Waals surface area (Å²) in [5, 5.41) is 2.58. The molecule has 154 valence electrons. The first-order valence-electron chi connectivity index (χ1n) is 8.77. The van der Waals surface area contributed by atoms with Crippen LogP contribution in [-0.4, -0.2) is 25.6 Å². The average Bonchev–Trinajstić information content (AvgIpc) is 2.52. The van der Waals surface area contributed by atoms with Crippen LogP contribution in [0.2, 0.25) is 0 Å². The smallest absolute Gasteiger partial charge is 0.326 e. The van der Waals surface area contributed by atoms with E-state index in [1.807, 2.05) is 0 Å². The molecule has 2 N–H and O–H groups in total. The van der Waals surface area contributed by atoms with Gasteiger partial charge in [-0.15, -0.1) is 0 Å². The Morgan fingerprint density at radius 2 is 1.74 bits per heavy atom. The van der Waals surface area contributed by atoms with Crippen molar-refractivity contribution in [2.45, 2.75) is 64.3 Å². The van der Waals surface area contributed by atoms with Gasteiger partial charge in [-0.1, -0.05) is 6.92 Å². The summed E-state index contributed by atoms with van der Waals surface area (Å²) < 4.78 is 64.0. The number of aryl methyl sites for hydroxylation is 1. The molecule has 1 amide bonds. The molecule has 1 rings (SSSR count). The molecule has 5 nitrogen and oxygen atoms in total. The lowest BCUT2D eigenvalue weighted by Crippen LogP contribution is -2.39. The van der Waals surface area contributed by atoms with Gasteiger partial charge in [-0.2, -0.15) is 13.2 Å². The fourth-order valence-corrected chi connectivity index (χ4v) is 3.14. The highest BCUT2D eigenvalue weighted by atomic mass is 32.2. The molecule has 0 unspecified atom stereocenters. The number of anilines is 1. The zero-order chi connectivity index (χ0) is 20.9. The molecule has 0 fully saturated rings. The van der Waals surface area contributed by atoms with Crippen LogP contribution in [0, 0.1) is 0 Å². The van der Waals surface area contributed by atoms with Gasteiger partial charge in [0, 0.05) is 18.7 Å². The molecular formula is C18H27F3N2O3S. The molecule has 1 aromatic rings. The van der Waals surface area contributed by atoms with Crippen LogP contribution in [-0.2, 0) is 27.4 Å². The second-order valence-corrected chi connectivity index (χ2v) is 9.76. The van der Waals surface area contributed by atoms with E-state index in [4.69, 9.17) is 0 Å². The average molecular weight is 408 g/mol. The third-order valence-electron chi connectivity index (χ3n) is 4.00. The van der Waals surface area contributed by atoms with Gasteiger partial charge >= 0.3 is 6.18 Å². The molecule has 0 saturated carbocycles. The number of benzene rings is 1. The molecule has 1 aromatic carbocycles. The minimum Gasteiger partial charge on any atom is -0.326 e. The molecule has 0 bridgehead atoms. The molecule has 0 aliphatic rings. The fourth-order valence-electron chi connectivity index (χ4n) is 2.30. The third-order valence-corrected chi connectivity index (χ3v) is 6.20. The van der Waals surface area contributed by atoms with Gasteiger partial charge in [0.05, 0.1) is 10.3 Å². The standard InChI is InChI=1S/C18H27F3N2O3S/c1-5-13-12-14(9-10-15(13)18(19,20)21)23-16(24)8-6-7-11-22-27(25,26)17(2,3)4/h9-10,12,22H,5-8,11H2,1-4H3,(H,23,24). The maximum Gasteiger partial charge on any atom is 0.416 e. The van der Waals surface area contributed by atoms with Gasteiger partial charge in [0.15, 0.2) is 0 Å². The quantitative estimate of drug-likeness (QED) is 0.636. The number of carbonyl (C=O) groups is 1. The summed E-state index contributed by atoms with van der Waals surface area (Å²) in [6.07, 6.45) is -3.13. The van der Waals surface area contributed by atoms with Crippen molar-refractivity contribution in [1.29, 1.82) is 0 Å². The fraction of sp³-hybridized carbons (Fsp3) is 0.611. The normalized spacial score (nSPS) is 12.9. The van der Waals surface area contributed by atoms with Crippen LogP contribution in [0.1, 0.15) is 58.1 Å². The molecule has 0 aliphatic carbocycles. The molecule has 0 aliphatic heterocycles. The lowest BCUT2D eigenvalue weighted by atomic mass is 10.0. The molecule has 9 heteroatoms. The summed E-state index contributed by atoms with van der Waals surface area (Å²) in [5.41, 5.74) is -0.260. The van der Waals surface area contributed by atoms with Gasteiger partial charge in [-0.25, -0.2) is 13.1 Å². The van der Waals surface area contributed by atoms with Crippen LogP contribution < -0.4 is 10.0 Å². The number of amides is 1. The van der Waals surface area contributed by atoms with Crippen molar-refractivity contribution in [1.82, 2.24) is 4.72 Å². The molecule has 0 spiro atoms. The minimum absolute atomic E-state index is 0.122. The second-order valence-electron chi connectivity index (χ2n) is 7.24. The van der Waals surface area contributed by atoms with Crippen molar-refractivity contribution in [2.24, 2.45) is 0 Å². The lowest BCUT2D eigenvalue weighted by molar-refractivity contribution is -0.138. The van der Waals surface area contributed by atoms with Crippen molar-refractivity contribution in [3.8, 4) is 0 Å². The van der Waals surface area contributed by atoms with E-state index in [0.29, 0.717) is 18.5 Å². The van der Waals surface area contributed by atoms with Crippen molar-refractivity contribution in [3.05, 3.63) is 29.3 Å². The summed E-state index contributed by atoms with van der Waals surface area (Å²) in [6, 6.07) is 3.53. The van der Waals surface area contributed by atoms with Crippen LogP contribution in [0.4, 0.5) is 18.9 Å². The van der Waals surface area contributed by atoms with E-state index < -0.39 is 26.5 Å². The minimum atomic E-state index is -4.42. The first kappa shape index (κ1) is 23.4. The Morgan fingerprint density at radius 3 is 2.26 bits per heavy atom. The summed E-state index contributed by atoms with van der Waals surface area (Å²) in [4.78, 5) is 11.9. The Hall–Kier alpha value is -1.61. The third kappa shape index (κ3) is 7.14. The summed E-state index contributed by atoms with van der Waals surface area (Å²) in [5.74, 6) is -0.324. The van der Waals surface area contributed by atoms with E-state index in [-0.39, 0.29) is 30.9 Å². The van der Waals surface area contributed by atoms with Gasteiger partial charge in [0.1, 0.15) is 0 Å². The first-order chi connectivity index (χ1) is 12.3. The van der Waals surface area contributed by atoms with Gasteiger partial charge < -0.3 is 5.32 Å².